The van der Waals surface area contributed by atoms with Crippen molar-refractivity contribution in [3.05, 3.63) is 16.8 Å². The summed E-state index contributed by atoms with van der Waals surface area (Å²) in [6.07, 6.45) is 1.98. The minimum absolute atomic E-state index is 0.0938. The highest BCUT2D eigenvalue weighted by Gasteiger charge is 2.29. The Balaban J connectivity index is 2.31. The monoisotopic (exact) mass is 294 g/mol. The first-order chi connectivity index (χ1) is 9.50. The van der Waals surface area contributed by atoms with Crippen molar-refractivity contribution in [3.63, 3.8) is 0 Å². The molecular weight excluding hydrogens is 276 g/mol. The quantitative estimate of drug-likeness (QED) is 0.892. The Labute approximate surface area is 119 Å². The summed E-state index contributed by atoms with van der Waals surface area (Å²) in [6.45, 7) is 3.95. The Morgan fingerprint density at radius 2 is 2.10 bits per heavy atom. The van der Waals surface area contributed by atoms with Gasteiger partial charge in [0.1, 0.15) is 11.6 Å². The smallest absolute Gasteiger partial charge is 0.167 e. The Hall–Kier alpha value is -1.68. The van der Waals surface area contributed by atoms with E-state index >= 15 is 0 Å². The largest absolute Gasteiger partial charge is 0.364 e. The molecule has 20 heavy (non-hydrogen) atoms. The molecule has 1 aliphatic heterocycles. The minimum atomic E-state index is -2.96. The molecule has 1 unspecified atom stereocenters. The number of nitrogens with zero attached hydrogens (tertiary/aromatic N) is 3. The van der Waals surface area contributed by atoms with Crippen molar-refractivity contribution in [2.45, 2.75) is 39.2 Å². The number of rotatable bonds is 4. The van der Waals surface area contributed by atoms with Gasteiger partial charge in [-0.1, -0.05) is 13.8 Å². The second-order valence-corrected chi connectivity index (χ2v) is 7.14. The summed E-state index contributed by atoms with van der Waals surface area (Å²) >= 11 is 0. The standard InChI is InChI=1S/C13H18N4O2S/c1-3-10-11(7-14)13(17-16-12(10)4-2)15-9-5-6-20(18,19)8-9/h9H,3-6,8H2,1-2H3,(H,15,17). The van der Waals surface area contributed by atoms with Crippen molar-refractivity contribution >= 4 is 15.7 Å². The molecule has 0 amide bonds. The molecule has 1 aromatic rings. The van der Waals surface area contributed by atoms with Gasteiger partial charge in [-0.05, 0) is 24.8 Å². The van der Waals surface area contributed by atoms with Crippen LogP contribution in [-0.2, 0) is 22.7 Å². The van der Waals surface area contributed by atoms with E-state index in [9.17, 15) is 13.7 Å². The number of aryl methyl sites for hydroxylation is 1. The summed E-state index contributed by atoms with van der Waals surface area (Å²) in [4.78, 5) is 0. The molecule has 2 heterocycles. The fraction of sp³-hybridized carbons (Fsp3) is 0.615. The molecule has 7 heteroatoms. The van der Waals surface area contributed by atoms with E-state index < -0.39 is 9.84 Å². The number of hydrogen-bond acceptors (Lipinski definition) is 6. The Morgan fingerprint density at radius 3 is 2.60 bits per heavy atom. The number of hydrogen-bond donors (Lipinski definition) is 1. The van der Waals surface area contributed by atoms with Crippen LogP contribution >= 0.6 is 0 Å². The molecule has 1 saturated heterocycles. The summed E-state index contributed by atoms with van der Waals surface area (Å²) in [7, 11) is -2.96. The van der Waals surface area contributed by atoms with Crippen molar-refractivity contribution in [2.75, 3.05) is 16.8 Å². The molecule has 0 saturated carbocycles. The summed E-state index contributed by atoms with van der Waals surface area (Å²) in [6, 6.07) is 1.99. The van der Waals surface area contributed by atoms with Gasteiger partial charge in [-0.15, -0.1) is 5.10 Å². The lowest BCUT2D eigenvalue weighted by atomic mass is 10.0. The molecule has 1 aliphatic rings. The van der Waals surface area contributed by atoms with Gasteiger partial charge in [0, 0.05) is 6.04 Å². The van der Waals surface area contributed by atoms with Crippen LogP contribution in [0.25, 0.3) is 0 Å². The van der Waals surface area contributed by atoms with Crippen molar-refractivity contribution in [1.29, 1.82) is 5.26 Å². The molecule has 6 nitrogen and oxygen atoms in total. The van der Waals surface area contributed by atoms with Gasteiger partial charge in [0.15, 0.2) is 15.7 Å². The van der Waals surface area contributed by atoms with E-state index in [1.807, 2.05) is 13.8 Å². The van der Waals surface area contributed by atoms with Crippen LogP contribution in [0.15, 0.2) is 0 Å². The van der Waals surface area contributed by atoms with Crippen molar-refractivity contribution in [2.24, 2.45) is 0 Å². The molecule has 1 fully saturated rings. The number of nitrogens with one attached hydrogen (secondary N) is 1. The third kappa shape index (κ3) is 2.90. The van der Waals surface area contributed by atoms with E-state index in [4.69, 9.17) is 0 Å². The molecule has 108 valence electrons. The van der Waals surface area contributed by atoms with Crippen LogP contribution in [0, 0.1) is 11.3 Å². The first kappa shape index (κ1) is 14.7. The topological polar surface area (TPSA) is 95.7 Å². The summed E-state index contributed by atoms with van der Waals surface area (Å²) in [5, 5.41) is 20.6. The number of sulfone groups is 1. The predicted octanol–water partition coefficient (Wildman–Crippen LogP) is 1.07. The lowest BCUT2D eigenvalue weighted by Gasteiger charge is -2.15. The molecule has 0 bridgehead atoms. The van der Waals surface area contributed by atoms with Crippen LogP contribution in [0.4, 0.5) is 5.82 Å². The van der Waals surface area contributed by atoms with E-state index in [1.54, 1.807) is 0 Å². The Morgan fingerprint density at radius 1 is 1.35 bits per heavy atom. The average molecular weight is 294 g/mol. The zero-order valence-corrected chi connectivity index (χ0v) is 12.5. The second-order valence-electron chi connectivity index (χ2n) is 4.91. The summed E-state index contributed by atoms with van der Waals surface area (Å²) in [5.41, 5.74) is 2.21. The maximum atomic E-state index is 11.5. The highest BCUT2D eigenvalue weighted by atomic mass is 32.2. The van der Waals surface area contributed by atoms with Crippen LogP contribution in [0.1, 0.15) is 37.1 Å². The molecule has 0 spiro atoms. The van der Waals surface area contributed by atoms with E-state index in [-0.39, 0.29) is 17.5 Å². The molecule has 0 aromatic carbocycles. The first-order valence-electron chi connectivity index (χ1n) is 6.76. The van der Waals surface area contributed by atoms with Crippen LogP contribution in [0.5, 0.6) is 0 Å². The zero-order valence-electron chi connectivity index (χ0n) is 11.7. The summed E-state index contributed by atoms with van der Waals surface area (Å²) < 4.78 is 22.9. The van der Waals surface area contributed by atoms with Gasteiger partial charge >= 0.3 is 0 Å². The van der Waals surface area contributed by atoms with Crippen molar-refractivity contribution < 1.29 is 8.42 Å². The van der Waals surface area contributed by atoms with Gasteiger partial charge in [-0.2, -0.15) is 10.4 Å². The highest BCUT2D eigenvalue weighted by Crippen LogP contribution is 2.23. The van der Waals surface area contributed by atoms with Gasteiger partial charge in [0.25, 0.3) is 0 Å². The normalized spacial score (nSPS) is 20.6. The van der Waals surface area contributed by atoms with Gasteiger partial charge in [-0.25, -0.2) is 8.42 Å². The average Bonchev–Trinajstić information content (AvgIpc) is 2.77. The molecule has 1 atom stereocenters. The maximum Gasteiger partial charge on any atom is 0.167 e. The predicted molar refractivity (Wildman–Crippen MR) is 76.2 cm³/mol. The van der Waals surface area contributed by atoms with Gasteiger partial charge < -0.3 is 5.32 Å². The molecule has 2 rings (SSSR count). The number of nitriles is 1. The van der Waals surface area contributed by atoms with Crippen LogP contribution in [0.2, 0.25) is 0 Å². The van der Waals surface area contributed by atoms with Crippen LogP contribution < -0.4 is 5.32 Å². The lowest BCUT2D eigenvalue weighted by Crippen LogP contribution is -2.23. The zero-order chi connectivity index (χ0) is 14.8. The molecular formula is C13H18N4O2S. The fourth-order valence-corrected chi connectivity index (χ4v) is 4.17. The third-order valence-corrected chi connectivity index (χ3v) is 5.30. The fourth-order valence-electron chi connectivity index (χ4n) is 2.50. The van der Waals surface area contributed by atoms with Gasteiger partial charge in [0.05, 0.1) is 17.2 Å². The van der Waals surface area contributed by atoms with Gasteiger partial charge in [-0.3, -0.25) is 0 Å². The third-order valence-electron chi connectivity index (χ3n) is 3.53. The van der Waals surface area contributed by atoms with Crippen LogP contribution in [0.3, 0.4) is 0 Å². The number of aromatic nitrogens is 2. The van der Waals surface area contributed by atoms with Crippen molar-refractivity contribution in [3.8, 4) is 6.07 Å². The van der Waals surface area contributed by atoms with E-state index in [0.717, 1.165) is 17.7 Å². The SMILES string of the molecule is CCc1nnc(NC2CCS(=O)(=O)C2)c(C#N)c1CC. The Kier molecular flexibility index (Phi) is 4.23. The van der Waals surface area contributed by atoms with Gasteiger partial charge in [0.2, 0.25) is 0 Å². The van der Waals surface area contributed by atoms with E-state index in [1.165, 1.54) is 0 Å². The van der Waals surface area contributed by atoms with Crippen molar-refractivity contribution in [1.82, 2.24) is 10.2 Å². The van der Waals surface area contributed by atoms with Crippen LogP contribution in [-0.4, -0.2) is 36.2 Å². The highest BCUT2D eigenvalue weighted by molar-refractivity contribution is 7.91. The van der Waals surface area contributed by atoms with E-state index in [2.05, 4.69) is 21.6 Å². The second kappa shape index (κ2) is 5.75. The molecule has 1 N–H and O–H groups in total. The Bertz CT molecular complexity index is 649. The summed E-state index contributed by atoms with van der Waals surface area (Å²) in [5.74, 6) is 0.688. The maximum absolute atomic E-state index is 11.5. The molecule has 0 aliphatic carbocycles. The molecule has 1 aromatic heterocycles. The minimum Gasteiger partial charge on any atom is -0.364 e. The lowest BCUT2D eigenvalue weighted by molar-refractivity contribution is 0.602. The molecule has 0 radical (unpaired) electrons. The number of anilines is 1. The van der Waals surface area contributed by atoms with E-state index in [0.29, 0.717) is 24.2 Å². The first-order valence-corrected chi connectivity index (χ1v) is 8.58.